The van der Waals surface area contributed by atoms with Crippen molar-refractivity contribution in [3.8, 4) is 0 Å². The molecule has 0 radical (unpaired) electrons. The number of anilines is 1. The summed E-state index contributed by atoms with van der Waals surface area (Å²) >= 11 is 0. The van der Waals surface area contributed by atoms with Gasteiger partial charge in [0, 0.05) is 39.0 Å². The van der Waals surface area contributed by atoms with Crippen molar-refractivity contribution < 1.29 is 14.0 Å². The normalized spacial score (nSPS) is 16.0. The number of halogens is 1. The number of amides is 1. The number of aryl methyl sites for hydroxylation is 3. The monoisotopic (exact) mass is 478 g/mol. The second-order valence-electron chi connectivity index (χ2n) is 8.71. The van der Waals surface area contributed by atoms with Gasteiger partial charge in [0.05, 0.1) is 11.6 Å². The maximum atomic E-state index is 13.6. The SMILES string of the molecule is CN1C(=O)[C@@H](/C=C/CCC(=O)C(=N)/N=C/CCCc2ccccc2F)CCc2cn(C)c(=O)cc21. The fraction of sp³-hybridized carbons (Fsp3) is 0.370. The molecule has 0 aliphatic carbocycles. The number of rotatable bonds is 9. The number of carbonyl (C=O) groups excluding carboxylic acids is 2. The summed E-state index contributed by atoms with van der Waals surface area (Å²) in [6.07, 6.45) is 10.5. The number of aliphatic imine (C=N–C) groups is 1. The summed E-state index contributed by atoms with van der Waals surface area (Å²) in [6, 6.07) is 8.11. The number of carbonyl (C=O) groups is 2. The van der Waals surface area contributed by atoms with Gasteiger partial charge in [0.15, 0.2) is 11.6 Å². The van der Waals surface area contributed by atoms with E-state index in [9.17, 15) is 18.8 Å². The van der Waals surface area contributed by atoms with Crippen LogP contribution in [0.15, 0.2) is 58.5 Å². The molecule has 3 rings (SSSR count). The summed E-state index contributed by atoms with van der Waals surface area (Å²) in [5.41, 5.74) is 2.08. The first-order chi connectivity index (χ1) is 16.8. The third kappa shape index (κ3) is 6.91. The predicted octanol–water partition coefficient (Wildman–Crippen LogP) is 4.03. The Kier molecular flexibility index (Phi) is 9.00. The van der Waals surface area contributed by atoms with Crippen molar-refractivity contribution in [3.63, 3.8) is 0 Å². The molecule has 7 nitrogen and oxygen atoms in total. The van der Waals surface area contributed by atoms with Gasteiger partial charge in [0.2, 0.25) is 5.91 Å². The van der Waals surface area contributed by atoms with E-state index in [0.29, 0.717) is 49.8 Å². The molecular formula is C27H31FN4O3. The van der Waals surface area contributed by atoms with Gasteiger partial charge in [-0.1, -0.05) is 30.4 Å². The molecule has 0 saturated carbocycles. The average Bonchev–Trinajstić information content (AvgIpc) is 2.95. The van der Waals surface area contributed by atoms with Gasteiger partial charge in [-0.3, -0.25) is 19.8 Å². The van der Waals surface area contributed by atoms with Crippen molar-refractivity contribution in [1.29, 1.82) is 5.41 Å². The van der Waals surface area contributed by atoms with E-state index in [0.717, 1.165) is 5.56 Å². The van der Waals surface area contributed by atoms with E-state index >= 15 is 0 Å². The van der Waals surface area contributed by atoms with Gasteiger partial charge in [-0.2, -0.15) is 0 Å². The highest BCUT2D eigenvalue weighted by Crippen LogP contribution is 2.27. The van der Waals surface area contributed by atoms with Crippen LogP contribution in [0, 0.1) is 17.1 Å². The lowest BCUT2D eigenvalue weighted by Crippen LogP contribution is -2.32. The number of amidine groups is 1. The number of unbranched alkanes of at least 4 members (excludes halogenated alkanes) is 1. The smallest absolute Gasteiger partial charge is 0.252 e. The van der Waals surface area contributed by atoms with E-state index in [1.54, 1.807) is 44.6 Å². The Bertz CT molecular complexity index is 1220. The Morgan fingerprint density at radius 3 is 2.77 bits per heavy atom. The summed E-state index contributed by atoms with van der Waals surface area (Å²) in [7, 11) is 3.36. The number of aromatic nitrogens is 1. The Labute approximate surface area is 204 Å². The first-order valence-electron chi connectivity index (χ1n) is 11.8. The van der Waals surface area contributed by atoms with Crippen LogP contribution in [0.4, 0.5) is 10.1 Å². The molecule has 2 aromatic rings. The molecule has 2 heterocycles. The molecule has 1 amide bonds. The minimum absolute atomic E-state index is 0.0905. The van der Waals surface area contributed by atoms with Gasteiger partial charge in [-0.05, 0) is 55.7 Å². The van der Waals surface area contributed by atoms with Gasteiger partial charge >= 0.3 is 0 Å². The van der Waals surface area contributed by atoms with Crippen LogP contribution in [0.1, 0.15) is 43.2 Å². The van der Waals surface area contributed by atoms with Crippen LogP contribution in [-0.2, 0) is 29.5 Å². The molecule has 1 aliphatic heterocycles. The Balaban J connectivity index is 1.43. The molecule has 0 bridgehead atoms. The third-order valence-electron chi connectivity index (χ3n) is 6.15. The number of benzene rings is 1. The average molecular weight is 479 g/mol. The van der Waals surface area contributed by atoms with E-state index in [1.165, 1.54) is 27.8 Å². The largest absolute Gasteiger partial charge is 0.318 e. The molecule has 0 saturated heterocycles. The maximum absolute atomic E-state index is 13.6. The number of nitrogens with zero attached hydrogens (tertiary/aromatic N) is 3. The van der Waals surface area contributed by atoms with Crippen LogP contribution in [0.25, 0.3) is 0 Å². The molecule has 1 aromatic carbocycles. The number of hydrogen-bond donors (Lipinski definition) is 1. The number of ketones is 1. The Morgan fingerprint density at radius 1 is 1.23 bits per heavy atom. The number of fused-ring (bicyclic) bond motifs is 1. The zero-order valence-corrected chi connectivity index (χ0v) is 20.2. The zero-order chi connectivity index (χ0) is 25.4. The number of hydrogen-bond acceptors (Lipinski definition) is 4. The number of allylic oxidation sites excluding steroid dienone is 1. The molecule has 1 aromatic heterocycles. The van der Waals surface area contributed by atoms with E-state index in [2.05, 4.69) is 4.99 Å². The van der Waals surface area contributed by atoms with Crippen molar-refractivity contribution in [2.24, 2.45) is 18.0 Å². The highest BCUT2D eigenvalue weighted by atomic mass is 19.1. The third-order valence-corrected chi connectivity index (χ3v) is 6.15. The lowest BCUT2D eigenvalue weighted by molar-refractivity contribution is -0.120. The second-order valence-corrected chi connectivity index (χ2v) is 8.71. The van der Waals surface area contributed by atoms with Crippen molar-refractivity contribution in [3.05, 3.63) is 76.0 Å². The van der Waals surface area contributed by atoms with Crippen LogP contribution in [0.3, 0.4) is 0 Å². The maximum Gasteiger partial charge on any atom is 0.252 e. The van der Waals surface area contributed by atoms with E-state index < -0.39 is 0 Å². The topological polar surface area (TPSA) is 95.6 Å². The number of pyridine rings is 1. The molecule has 1 N–H and O–H groups in total. The lowest BCUT2D eigenvalue weighted by Gasteiger charge is -2.20. The van der Waals surface area contributed by atoms with Gasteiger partial charge in [-0.15, -0.1) is 0 Å². The second kappa shape index (κ2) is 12.1. The van der Waals surface area contributed by atoms with E-state index in [-0.39, 0.29) is 41.2 Å². The number of Topliss-reactive ketones (excluding diaryl/α,β-unsaturated/α-hetero) is 1. The van der Waals surface area contributed by atoms with Crippen LogP contribution in [-0.4, -0.2) is 35.4 Å². The van der Waals surface area contributed by atoms with Gasteiger partial charge in [0.25, 0.3) is 5.56 Å². The highest BCUT2D eigenvalue weighted by molar-refractivity contribution is 6.38. The molecule has 0 unspecified atom stereocenters. The lowest BCUT2D eigenvalue weighted by atomic mass is 10.00. The Morgan fingerprint density at radius 2 is 2.00 bits per heavy atom. The van der Waals surface area contributed by atoms with Gasteiger partial charge in [0.1, 0.15) is 5.82 Å². The van der Waals surface area contributed by atoms with Crippen molar-refractivity contribution in [2.75, 3.05) is 11.9 Å². The molecule has 35 heavy (non-hydrogen) atoms. The predicted molar refractivity (Wildman–Crippen MR) is 136 cm³/mol. The molecule has 1 aliphatic rings. The molecule has 0 fully saturated rings. The van der Waals surface area contributed by atoms with E-state index in [1.807, 2.05) is 6.08 Å². The first-order valence-corrected chi connectivity index (χ1v) is 11.8. The van der Waals surface area contributed by atoms with E-state index in [4.69, 9.17) is 5.41 Å². The molecule has 0 spiro atoms. The van der Waals surface area contributed by atoms with Crippen LogP contribution < -0.4 is 10.5 Å². The minimum Gasteiger partial charge on any atom is -0.318 e. The van der Waals surface area contributed by atoms with Crippen LogP contribution in [0.2, 0.25) is 0 Å². The Hall–Kier alpha value is -3.68. The van der Waals surface area contributed by atoms with Crippen molar-refractivity contribution in [2.45, 2.75) is 44.9 Å². The van der Waals surface area contributed by atoms with Crippen LogP contribution in [0.5, 0.6) is 0 Å². The van der Waals surface area contributed by atoms with Crippen molar-refractivity contribution >= 4 is 29.4 Å². The number of nitrogens with one attached hydrogen (secondary N) is 1. The molecule has 8 heteroatoms. The quantitative estimate of drug-likeness (QED) is 0.255. The highest BCUT2D eigenvalue weighted by Gasteiger charge is 2.26. The fourth-order valence-electron chi connectivity index (χ4n) is 4.07. The minimum atomic E-state index is -0.368. The summed E-state index contributed by atoms with van der Waals surface area (Å²) in [4.78, 5) is 42.4. The summed E-state index contributed by atoms with van der Waals surface area (Å²) in [5.74, 6) is -1.33. The molecule has 1 atom stereocenters. The fourth-order valence-corrected chi connectivity index (χ4v) is 4.07. The summed E-state index contributed by atoms with van der Waals surface area (Å²) in [6.45, 7) is 0. The molecular weight excluding hydrogens is 447 g/mol. The summed E-state index contributed by atoms with van der Waals surface area (Å²) in [5, 5.41) is 7.84. The van der Waals surface area contributed by atoms with Gasteiger partial charge in [-0.25, -0.2) is 9.38 Å². The zero-order valence-electron chi connectivity index (χ0n) is 20.2. The summed E-state index contributed by atoms with van der Waals surface area (Å²) < 4.78 is 15.1. The first kappa shape index (κ1) is 25.9. The standard InChI is InChI=1S/C27H31FN4O3/c1-31-18-21-15-14-20(27(35)32(2)23(21)17-25(31)34)11-4-6-13-24(33)26(29)30-16-8-7-10-19-9-3-5-12-22(19)28/h3-5,9,11-12,16-18,20,29H,6-8,10,13-15H2,1-2H3/b11-4+,29-26?,30-16+/t20-/m0/s1. The van der Waals surface area contributed by atoms with Crippen LogP contribution >= 0.6 is 0 Å². The van der Waals surface area contributed by atoms with Gasteiger partial charge < -0.3 is 9.47 Å². The van der Waals surface area contributed by atoms with Crippen molar-refractivity contribution in [1.82, 2.24) is 4.57 Å². The molecule has 184 valence electrons.